The van der Waals surface area contributed by atoms with E-state index in [1.165, 1.54) is 0 Å². The zero-order valence-electron chi connectivity index (χ0n) is 11.6. The van der Waals surface area contributed by atoms with Crippen LogP contribution in [0.2, 0.25) is 5.02 Å². The van der Waals surface area contributed by atoms with Gasteiger partial charge in [0.05, 0.1) is 0 Å². The van der Waals surface area contributed by atoms with Gasteiger partial charge in [0.25, 0.3) is 0 Å². The average Bonchev–Trinajstić information content (AvgIpc) is 2.44. The van der Waals surface area contributed by atoms with Crippen LogP contribution in [-0.2, 0) is 12.8 Å². The van der Waals surface area contributed by atoms with Crippen LogP contribution < -0.4 is 11.1 Å². The monoisotopic (exact) mass is 289 g/mol. The van der Waals surface area contributed by atoms with E-state index in [-0.39, 0.29) is 0 Å². The highest BCUT2D eigenvalue weighted by Gasteiger charge is 2.13. The fourth-order valence-corrected chi connectivity index (χ4v) is 2.54. The van der Waals surface area contributed by atoms with Crippen molar-refractivity contribution < 1.29 is 0 Å². The van der Waals surface area contributed by atoms with E-state index in [1.807, 2.05) is 30.3 Å². The van der Waals surface area contributed by atoms with Crippen molar-refractivity contribution in [3.05, 3.63) is 58.7 Å². The number of hydrogen-bond acceptors (Lipinski definition) is 3. The molecule has 0 saturated heterocycles. The minimum Gasteiger partial charge on any atom is -0.383 e. The summed E-state index contributed by atoms with van der Waals surface area (Å²) in [5, 5.41) is 4.31. The highest BCUT2D eigenvalue weighted by atomic mass is 35.5. The lowest BCUT2D eigenvalue weighted by Gasteiger charge is -2.19. The first-order chi connectivity index (χ1) is 9.70. The van der Waals surface area contributed by atoms with Crippen LogP contribution in [0.3, 0.4) is 0 Å². The topological polar surface area (TPSA) is 50.9 Å². The second kappa shape index (κ2) is 7.27. The Kier molecular flexibility index (Phi) is 5.39. The number of halogens is 1. The zero-order valence-corrected chi connectivity index (χ0v) is 12.4. The van der Waals surface area contributed by atoms with Gasteiger partial charge in [0.1, 0.15) is 5.82 Å². The number of nitrogens with zero attached hydrogens (tertiary/aromatic N) is 1. The van der Waals surface area contributed by atoms with E-state index in [1.54, 1.807) is 6.20 Å². The lowest BCUT2D eigenvalue weighted by Crippen LogP contribution is -2.33. The van der Waals surface area contributed by atoms with Crippen LogP contribution in [0.1, 0.15) is 18.1 Å². The average molecular weight is 290 g/mol. The second-order valence-electron chi connectivity index (χ2n) is 4.80. The molecule has 0 aliphatic rings. The number of pyridine rings is 1. The number of benzene rings is 1. The van der Waals surface area contributed by atoms with Crippen LogP contribution in [-0.4, -0.2) is 17.6 Å². The predicted octanol–water partition coefficient (Wildman–Crippen LogP) is 3.08. The first-order valence-electron chi connectivity index (χ1n) is 6.87. The molecule has 1 aromatic carbocycles. The number of nitrogens with one attached hydrogen (secondary N) is 1. The molecule has 0 amide bonds. The molecule has 0 fully saturated rings. The van der Waals surface area contributed by atoms with Crippen LogP contribution in [0.25, 0.3) is 0 Å². The summed E-state index contributed by atoms with van der Waals surface area (Å²) in [6.07, 6.45) is 3.44. The van der Waals surface area contributed by atoms with Gasteiger partial charge in [-0.15, -0.1) is 0 Å². The highest BCUT2D eigenvalue weighted by molar-refractivity contribution is 6.31. The first-order valence-corrected chi connectivity index (χ1v) is 7.24. The van der Waals surface area contributed by atoms with Gasteiger partial charge in [0, 0.05) is 17.3 Å². The summed E-state index contributed by atoms with van der Waals surface area (Å²) in [4.78, 5) is 4.14. The number of nitrogen functional groups attached to an aromatic ring is 1. The lowest BCUT2D eigenvalue weighted by molar-refractivity contribution is 0.521. The summed E-state index contributed by atoms with van der Waals surface area (Å²) in [5.74, 6) is 0.606. The van der Waals surface area contributed by atoms with Crippen molar-refractivity contribution in [2.45, 2.75) is 25.8 Å². The third-order valence-corrected chi connectivity index (χ3v) is 3.68. The molecule has 0 saturated carbocycles. The number of aromatic nitrogens is 1. The Morgan fingerprint density at radius 1 is 1.15 bits per heavy atom. The molecule has 2 rings (SSSR count). The van der Waals surface area contributed by atoms with Gasteiger partial charge >= 0.3 is 0 Å². The smallest absolute Gasteiger partial charge is 0.126 e. The van der Waals surface area contributed by atoms with Crippen LogP contribution in [0.15, 0.2) is 42.6 Å². The van der Waals surface area contributed by atoms with Gasteiger partial charge in [0.15, 0.2) is 0 Å². The SMILES string of the molecule is CCNC(Cc1ccccc1Cl)Cc1cccnc1N. The van der Waals surface area contributed by atoms with E-state index in [9.17, 15) is 0 Å². The van der Waals surface area contributed by atoms with Crippen molar-refractivity contribution in [2.75, 3.05) is 12.3 Å². The molecule has 2 aromatic rings. The molecular formula is C16H20ClN3. The minimum absolute atomic E-state index is 0.298. The molecule has 1 heterocycles. The number of nitrogens with two attached hydrogens (primary N) is 1. The van der Waals surface area contributed by atoms with Crippen LogP contribution in [0.4, 0.5) is 5.82 Å². The van der Waals surface area contributed by atoms with Crippen LogP contribution in [0, 0.1) is 0 Å². The quantitative estimate of drug-likeness (QED) is 0.859. The van der Waals surface area contributed by atoms with E-state index >= 15 is 0 Å². The summed E-state index contributed by atoms with van der Waals surface area (Å²) in [5.41, 5.74) is 8.15. The molecule has 0 spiro atoms. The first kappa shape index (κ1) is 14.8. The summed E-state index contributed by atoms with van der Waals surface area (Å²) in [6, 6.07) is 12.2. The fourth-order valence-electron chi connectivity index (χ4n) is 2.32. The molecule has 0 aliphatic carbocycles. The van der Waals surface area contributed by atoms with Gasteiger partial charge in [-0.3, -0.25) is 0 Å². The number of rotatable bonds is 6. The fraction of sp³-hybridized carbons (Fsp3) is 0.312. The summed E-state index contributed by atoms with van der Waals surface area (Å²) >= 11 is 6.24. The maximum absolute atomic E-state index is 6.24. The molecule has 3 nitrogen and oxygen atoms in total. The zero-order chi connectivity index (χ0) is 14.4. The van der Waals surface area contributed by atoms with Crippen molar-refractivity contribution in [1.82, 2.24) is 10.3 Å². The number of likely N-dealkylation sites (N-methyl/N-ethyl adjacent to an activating group) is 1. The van der Waals surface area contributed by atoms with Gasteiger partial charge < -0.3 is 11.1 Å². The Morgan fingerprint density at radius 3 is 2.55 bits per heavy atom. The van der Waals surface area contributed by atoms with Gasteiger partial charge in [-0.05, 0) is 42.6 Å². The lowest BCUT2D eigenvalue weighted by atomic mass is 9.99. The standard InChI is InChI=1S/C16H20ClN3/c1-2-19-14(10-12-6-3-4-8-15(12)17)11-13-7-5-9-20-16(13)18/h3-9,14,19H,2,10-11H2,1H3,(H2,18,20). The molecule has 4 heteroatoms. The van der Waals surface area contributed by atoms with Crippen LogP contribution in [0.5, 0.6) is 0 Å². The second-order valence-corrected chi connectivity index (χ2v) is 5.21. The molecule has 1 atom stereocenters. The van der Waals surface area contributed by atoms with Crippen molar-refractivity contribution in [1.29, 1.82) is 0 Å². The summed E-state index contributed by atoms with van der Waals surface area (Å²) < 4.78 is 0. The molecular weight excluding hydrogens is 270 g/mol. The summed E-state index contributed by atoms with van der Waals surface area (Å²) in [6.45, 7) is 3.02. The van der Waals surface area contributed by atoms with E-state index in [0.29, 0.717) is 11.9 Å². The molecule has 0 bridgehead atoms. The maximum Gasteiger partial charge on any atom is 0.126 e. The Balaban J connectivity index is 2.12. The molecule has 1 unspecified atom stereocenters. The van der Waals surface area contributed by atoms with Gasteiger partial charge in [0.2, 0.25) is 0 Å². The molecule has 20 heavy (non-hydrogen) atoms. The van der Waals surface area contributed by atoms with Crippen molar-refractivity contribution in [3.63, 3.8) is 0 Å². The van der Waals surface area contributed by atoms with Gasteiger partial charge in [-0.25, -0.2) is 4.98 Å². The van der Waals surface area contributed by atoms with E-state index < -0.39 is 0 Å². The summed E-state index contributed by atoms with van der Waals surface area (Å²) in [7, 11) is 0. The third kappa shape index (κ3) is 3.95. The molecule has 1 aromatic heterocycles. The Bertz CT molecular complexity index is 509. The predicted molar refractivity (Wildman–Crippen MR) is 85.0 cm³/mol. The van der Waals surface area contributed by atoms with Crippen LogP contribution >= 0.6 is 11.6 Å². The van der Waals surface area contributed by atoms with Crippen molar-refractivity contribution in [3.8, 4) is 0 Å². The Labute approximate surface area is 125 Å². The van der Waals surface area contributed by atoms with E-state index in [4.69, 9.17) is 17.3 Å². The Morgan fingerprint density at radius 2 is 1.85 bits per heavy atom. The van der Waals surface area contributed by atoms with Gasteiger partial charge in [-0.2, -0.15) is 0 Å². The van der Waals surface area contributed by atoms with Crippen molar-refractivity contribution >= 4 is 17.4 Å². The molecule has 0 aliphatic heterocycles. The number of anilines is 1. The third-order valence-electron chi connectivity index (χ3n) is 3.31. The van der Waals surface area contributed by atoms with E-state index in [0.717, 1.165) is 35.5 Å². The Hall–Kier alpha value is -1.58. The largest absolute Gasteiger partial charge is 0.383 e. The molecule has 106 valence electrons. The van der Waals surface area contributed by atoms with E-state index in [2.05, 4.69) is 23.3 Å². The number of hydrogen-bond donors (Lipinski definition) is 2. The van der Waals surface area contributed by atoms with Gasteiger partial charge in [-0.1, -0.05) is 42.8 Å². The normalized spacial score (nSPS) is 12.3. The maximum atomic E-state index is 6.24. The van der Waals surface area contributed by atoms with Crippen molar-refractivity contribution in [2.24, 2.45) is 0 Å². The molecule has 0 radical (unpaired) electrons. The highest BCUT2D eigenvalue weighted by Crippen LogP contribution is 2.19. The molecule has 3 N–H and O–H groups in total. The minimum atomic E-state index is 0.298.